The molecule has 164 valence electrons. The summed E-state index contributed by atoms with van der Waals surface area (Å²) in [6.45, 7) is 3.20. The van der Waals surface area contributed by atoms with E-state index in [1.165, 1.54) is 35.5 Å². The third-order valence-electron chi connectivity index (χ3n) is 5.74. The van der Waals surface area contributed by atoms with Crippen molar-refractivity contribution in [2.75, 3.05) is 30.4 Å². The maximum atomic E-state index is 12.9. The van der Waals surface area contributed by atoms with Crippen molar-refractivity contribution in [3.05, 3.63) is 35.0 Å². The summed E-state index contributed by atoms with van der Waals surface area (Å²) in [6.07, 6.45) is 8.41. The third kappa shape index (κ3) is 4.62. The van der Waals surface area contributed by atoms with Gasteiger partial charge in [0.05, 0.1) is 28.5 Å². The number of likely N-dealkylation sites (N-methyl/N-ethyl adjacent to an activating group) is 1. The molecule has 3 heterocycles. The van der Waals surface area contributed by atoms with Gasteiger partial charge in [0.25, 0.3) is 5.91 Å². The largest absolute Gasteiger partial charge is 0.320 e. The molecule has 0 aliphatic heterocycles. The molecule has 2 amide bonds. The van der Waals surface area contributed by atoms with Gasteiger partial charge in [0.15, 0.2) is 0 Å². The van der Waals surface area contributed by atoms with E-state index in [0.717, 1.165) is 35.2 Å². The van der Waals surface area contributed by atoms with Gasteiger partial charge in [0, 0.05) is 18.5 Å². The number of aryl methyl sites for hydroxylation is 1. The van der Waals surface area contributed by atoms with E-state index < -0.39 is 0 Å². The first-order valence-corrected chi connectivity index (χ1v) is 11.5. The van der Waals surface area contributed by atoms with Crippen LogP contribution in [0.3, 0.4) is 0 Å². The first-order valence-electron chi connectivity index (χ1n) is 10.7. The first kappa shape index (κ1) is 21.5. The maximum absolute atomic E-state index is 12.9. The second-order valence-corrected chi connectivity index (χ2v) is 8.94. The minimum absolute atomic E-state index is 0.159. The lowest BCUT2D eigenvalue weighted by atomic mass is 9.96. The van der Waals surface area contributed by atoms with Gasteiger partial charge in [-0.05, 0) is 45.0 Å². The normalized spacial score (nSPS) is 14.6. The molecule has 1 aliphatic rings. The van der Waals surface area contributed by atoms with Gasteiger partial charge in [-0.1, -0.05) is 19.3 Å². The molecule has 2 N–H and O–H groups in total. The summed E-state index contributed by atoms with van der Waals surface area (Å²) < 4.78 is 2.14. The van der Waals surface area contributed by atoms with Gasteiger partial charge >= 0.3 is 0 Å². The number of anilines is 2. The van der Waals surface area contributed by atoms with Crippen molar-refractivity contribution in [1.29, 1.82) is 0 Å². The molecule has 3 aromatic heterocycles. The molecule has 1 aliphatic carbocycles. The number of fused-ring (bicyclic) bond motifs is 1. The van der Waals surface area contributed by atoms with Crippen LogP contribution >= 0.6 is 11.3 Å². The van der Waals surface area contributed by atoms with Crippen LogP contribution in [0.15, 0.2) is 24.4 Å². The van der Waals surface area contributed by atoms with Crippen LogP contribution in [0.4, 0.5) is 11.5 Å². The Bertz CT molecular complexity index is 1050. The van der Waals surface area contributed by atoms with Crippen molar-refractivity contribution in [3.63, 3.8) is 0 Å². The summed E-state index contributed by atoms with van der Waals surface area (Å²) in [6, 6.07) is 5.86. The molecule has 3 aromatic rings. The molecule has 1 fully saturated rings. The fourth-order valence-corrected chi connectivity index (χ4v) is 5.16. The molecule has 0 radical (unpaired) electrons. The van der Waals surface area contributed by atoms with E-state index in [4.69, 9.17) is 5.10 Å². The van der Waals surface area contributed by atoms with E-state index in [-0.39, 0.29) is 5.91 Å². The first-order chi connectivity index (χ1) is 15.1. The number of rotatable bonds is 8. The zero-order chi connectivity index (χ0) is 21.8. The van der Waals surface area contributed by atoms with Crippen LogP contribution in [0.2, 0.25) is 0 Å². The number of nitrogens with one attached hydrogen (secondary N) is 2. The van der Waals surface area contributed by atoms with E-state index in [1.807, 2.05) is 20.0 Å². The molecule has 0 bridgehead atoms. The Hall–Kier alpha value is -2.78. The van der Waals surface area contributed by atoms with Gasteiger partial charge in [-0.2, -0.15) is 5.10 Å². The highest BCUT2D eigenvalue weighted by atomic mass is 32.1. The van der Waals surface area contributed by atoms with Crippen LogP contribution in [0.1, 0.15) is 53.5 Å². The highest BCUT2D eigenvalue weighted by Crippen LogP contribution is 2.35. The average Bonchev–Trinajstić information content (AvgIpc) is 3.37. The SMILES string of the molecule is CNCCN(C=O)c1ccc(NC(=O)c2cc3c(C)nn(C4CCCCC4)c3s2)cn1. The molecular formula is C22H28N6O2S. The fourth-order valence-electron chi connectivity index (χ4n) is 4.03. The molecular weight excluding hydrogens is 412 g/mol. The van der Waals surface area contributed by atoms with E-state index in [9.17, 15) is 9.59 Å². The van der Waals surface area contributed by atoms with Gasteiger partial charge in [0.1, 0.15) is 10.6 Å². The number of hydrogen-bond acceptors (Lipinski definition) is 6. The molecule has 4 rings (SSSR count). The van der Waals surface area contributed by atoms with Gasteiger partial charge < -0.3 is 10.6 Å². The van der Waals surface area contributed by atoms with Crippen LogP contribution in [-0.2, 0) is 4.79 Å². The summed E-state index contributed by atoms with van der Waals surface area (Å²) >= 11 is 1.49. The molecule has 0 spiro atoms. The Kier molecular flexibility index (Phi) is 6.62. The monoisotopic (exact) mass is 440 g/mol. The summed E-state index contributed by atoms with van der Waals surface area (Å²) in [5.41, 5.74) is 1.56. The molecule has 8 nitrogen and oxygen atoms in total. The van der Waals surface area contributed by atoms with Crippen LogP contribution in [0, 0.1) is 6.92 Å². The van der Waals surface area contributed by atoms with Crippen LogP contribution in [0.5, 0.6) is 0 Å². The van der Waals surface area contributed by atoms with Gasteiger partial charge in [-0.3, -0.25) is 19.2 Å². The quantitative estimate of drug-likeness (QED) is 0.521. The minimum atomic E-state index is -0.159. The van der Waals surface area contributed by atoms with Gasteiger partial charge in [-0.25, -0.2) is 4.98 Å². The summed E-state index contributed by atoms with van der Waals surface area (Å²) in [5, 5.41) is 11.7. The number of amides is 2. The van der Waals surface area contributed by atoms with Gasteiger partial charge in [0.2, 0.25) is 6.41 Å². The van der Waals surface area contributed by atoms with Crippen LogP contribution in [-0.4, -0.2) is 47.2 Å². The summed E-state index contributed by atoms with van der Waals surface area (Å²) in [5.74, 6) is 0.390. The molecule has 31 heavy (non-hydrogen) atoms. The lowest BCUT2D eigenvalue weighted by Gasteiger charge is -2.22. The Morgan fingerprint density at radius 2 is 2.13 bits per heavy atom. The second kappa shape index (κ2) is 9.57. The molecule has 1 saturated carbocycles. The van der Waals surface area contributed by atoms with Gasteiger partial charge in [-0.15, -0.1) is 11.3 Å². The van der Waals surface area contributed by atoms with E-state index in [2.05, 4.69) is 20.3 Å². The zero-order valence-electron chi connectivity index (χ0n) is 17.9. The lowest BCUT2D eigenvalue weighted by molar-refractivity contribution is -0.107. The molecule has 0 unspecified atom stereocenters. The standard InChI is InChI=1S/C22H28N6O2S/c1-15-18-12-19(31-22(18)28(26-15)17-6-4-3-5-7-17)21(30)25-16-8-9-20(24-13-16)27(14-29)11-10-23-2/h8-9,12-14,17,23H,3-7,10-11H2,1-2H3,(H,25,30). The second-order valence-electron chi connectivity index (χ2n) is 7.91. The fraction of sp³-hybridized carbons (Fsp3) is 0.455. The molecule has 0 aromatic carbocycles. The molecule has 9 heteroatoms. The Morgan fingerprint density at radius 3 is 2.81 bits per heavy atom. The van der Waals surface area contributed by atoms with Crippen LogP contribution < -0.4 is 15.5 Å². The smallest absolute Gasteiger partial charge is 0.265 e. The van der Waals surface area contributed by atoms with Crippen LogP contribution in [0.25, 0.3) is 10.2 Å². The molecule has 0 saturated heterocycles. The topological polar surface area (TPSA) is 92.2 Å². The Labute approximate surface area is 185 Å². The lowest BCUT2D eigenvalue weighted by Crippen LogP contribution is -2.30. The highest BCUT2D eigenvalue weighted by Gasteiger charge is 2.22. The minimum Gasteiger partial charge on any atom is -0.320 e. The highest BCUT2D eigenvalue weighted by molar-refractivity contribution is 7.20. The number of pyridine rings is 1. The number of carbonyl (C=O) groups excluding carboxylic acids is 2. The predicted molar refractivity (Wildman–Crippen MR) is 124 cm³/mol. The number of nitrogens with zero attached hydrogens (tertiary/aromatic N) is 4. The van der Waals surface area contributed by atoms with Crippen molar-refractivity contribution in [1.82, 2.24) is 20.1 Å². The van der Waals surface area contributed by atoms with E-state index in [0.29, 0.717) is 35.5 Å². The van der Waals surface area contributed by atoms with E-state index in [1.54, 1.807) is 18.3 Å². The van der Waals surface area contributed by atoms with Crippen molar-refractivity contribution in [2.24, 2.45) is 0 Å². The number of carbonyl (C=O) groups is 2. The number of hydrogen-bond donors (Lipinski definition) is 2. The third-order valence-corrected chi connectivity index (χ3v) is 6.87. The predicted octanol–water partition coefficient (Wildman–Crippen LogP) is 3.74. The number of thiophene rings is 1. The Balaban J connectivity index is 1.49. The zero-order valence-corrected chi connectivity index (χ0v) is 18.7. The summed E-state index contributed by atoms with van der Waals surface area (Å²) in [4.78, 5) is 31.7. The van der Waals surface area contributed by atoms with Crippen molar-refractivity contribution in [3.8, 4) is 0 Å². The van der Waals surface area contributed by atoms with Crippen molar-refractivity contribution in [2.45, 2.75) is 45.1 Å². The van der Waals surface area contributed by atoms with Crippen molar-refractivity contribution < 1.29 is 9.59 Å². The Morgan fingerprint density at radius 1 is 1.32 bits per heavy atom. The van der Waals surface area contributed by atoms with Crippen molar-refractivity contribution >= 4 is 45.4 Å². The maximum Gasteiger partial charge on any atom is 0.265 e. The molecule has 0 atom stereocenters. The number of aromatic nitrogens is 3. The van der Waals surface area contributed by atoms with E-state index >= 15 is 0 Å². The summed E-state index contributed by atoms with van der Waals surface area (Å²) in [7, 11) is 1.83. The average molecular weight is 441 g/mol.